The topological polar surface area (TPSA) is 59.1 Å². The number of carbonyl (C=O) groups excluding carboxylic acids is 2. The molecule has 1 aliphatic carbocycles. The summed E-state index contributed by atoms with van der Waals surface area (Å²) >= 11 is 0. The van der Waals surface area contributed by atoms with Crippen molar-refractivity contribution < 1.29 is 19.1 Å². The van der Waals surface area contributed by atoms with Gasteiger partial charge in [-0.1, -0.05) is 55.5 Å². The Hall–Kier alpha value is -2.18. The molecule has 1 heterocycles. The molecule has 2 amide bonds. The number of ether oxygens (including phenoxy) is 2. The van der Waals surface area contributed by atoms with Crippen LogP contribution in [0.15, 0.2) is 30.0 Å². The molecule has 2 aliphatic rings. The number of amides is 2. The minimum atomic E-state index is -0.172. The van der Waals surface area contributed by atoms with Crippen molar-refractivity contribution >= 4 is 17.4 Å². The number of hydrogen-bond acceptors (Lipinski definition) is 5. The molecule has 0 radical (unpaired) electrons. The Labute approximate surface area is 179 Å². The largest absolute Gasteiger partial charge is 0.383 e. The van der Waals surface area contributed by atoms with E-state index in [1.54, 1.807) is 19.1 Å². The van der Waals surface area contributed by atoms with E-state index in [4.69, 9.17) is 9.47 Å². The molecule has 30 heavy (non-hydrogen) atoms. The predicted molar refractivity (Wildman–Crippen MR) is 117 cm³/mol. The molecule has 0 bridgehead atoms. The lowest BCUT2D eigenvalue weighted by Crippen LogP contribution is -2.43. The molecule has 0 atom stereocenters. The molecule has 0 N–H and O–H groups in total. The van der Waals surface area contributed by atoms with Crippen molar-refractivity contribution in [1.82, 2.24) is 9.80 Å². The zero-order valence-corrected chi connectivity index (χ0v) is 18.5. The fraction of sp³-hybridized carbons (Fsp3) is 0.583. The van der Waals surface area contributed by atoms with Gasteiger partial charge in [-0.25, -0.2) is 0 Å². The third kappa shape index (κ3) is 4.93. The standard InChI is InChI=1S/C24H34N2O4/c1-18-10-12-19(13-11-18)21-22(25(14-16-29-2)15-17-30-3)24(28)26(23(21)27)20-8-6-4-5-7-9-20/h10-13,20H,4-9,14-17H2,1-3H3. The molecule has 1 aromatic carbocycles. The summed E-state index contributed by atoms with van der Waals surface area (Å²) < 4.78 is 10.6. The minimum absolute atomic E-state index is 0.0165. The van der Waals surface area contributed by atoms with Gasteiger partial charge in [0, 0.05) is 33.4 Å². The number of nitrogens with zero attached hydrogens (tertiary/aromatic N) is 2. The lowest BCUT2D eigenvalue weighted by molar-refractivity contribution is -0.140. The molecule has 0 saturated heterocycles. The van der Waals surface area contributed by atoms with Crippen LogP contribution in [0.2, 0.25) is 0 Å². The second-order valence-electron chi connectivity index (χ2n) is 8.19. The summed E-state index contributed by atoms with van der Waals surface area (Å²) in [6.45, 7) is 4.02. The fourth-order valence-corrected chi connectivity index (χ4v) is 4.39. The van der Waals surface area contributed by atoms with Gasteiger partial charge >= 0.3 is 0 Å². The maximum absolute atomic E-state index is 13.7. The SMILES string of the molecule is COCCN(CCOC)C1=C(c2ccc(C)cc2)C(=O)N(C2CCCCCC2)C1=O. The third-order valence-corrected chi connectivity index (χ3v) is 6.07. The molecule has 1 saturated carbocycles. The molecule has 164 valence electrons. The first-order valence-corrected chi connectivity index (χ1v) is 11.0. The molecule has 1 aliphatic heterocycles. The van der Waals surface area contributed by atoms with E-state index < -0.39 is 0 Å². The van der Waals surface area contributed by atoms with Gasteiger partial charge in [-0.2, -0.15) is 0 Å². The van der Waals surface area contributed by atoms with Gasteiger partial charge in [0.2, 0.25) is 0 Å². The number of rotatable bonds is 9. The number of methoxy groups -OCH3 is 2. The Morgan fingerprint density at radius 2 is 1.47 bits per heavy atom. The summed E-state index contributed by atoms with van der Waals surface area (Å²) in [4.78, 5) is 30.8. The zero-order chi connectivity index (χ0) is 21.5. The Balaban J connectivity index is 2.03. The van der Waals surface area contributed by atoms with Crippen molar-refractivity contribution in [3.8, 4) is 0 Å². The molecule has 0 unspecified atom stereocenters. The van der Waals surface area contributed by atoms with E-state index in [0.29, 0.717) is 37.6 Å². The first kappa shape index (κ1) is 22.5. The summed E-state index contributed by atoms with van der Waals surface area (Å²) in [5, 5.41) is 0. The van der Waals surface area contributed by atoms with Crippen molar-refractivity contribution in [3.63, 3.8) is 0 Å². The molecule has 6 nitrogen and oxygen atoms in total. The third-order valence-electron chi connectivity index (χ3n) is 6.07. The van der Waals surface area contributed by atoms with Crippen LogP contribution in [-0.2, 0) is 19.1 Å². The van der Waals surface area contributed by atoms with Crippen LogP contribution in [0.3, 0.4) is 0 Å². The summed E-state index contributed by atoms with van der Waals surface area (Å²) in [5.41, 5.74) is 2.91. The monoisotopic (exact) mass is 414 g/mol. The van der Waals surface area contributed by atoms with E-state index in [1.807, 2.05) is 36.1 Å². The van der Waals surface area contributed by atoms with Gasteiger partial charge in [0.1, 0.15) is 5.70 Å². The Bertz CT molecular complexity index is 756. The first-order chi connectivity index (χ1) is 14.6. The van der Waals surface area contributed by atoms with E-state index in [2.05, 4.69) is 0 Å². The second-order valence-corrected chi connectivity index (χ2v) is 8.19. The highest BCUT2D eigenvalue weighted by Gasteiger charge is 2.44. The lowest BCUT2D eigenvalue weighted by Gasteiger charge is -2.28. The van der Waals surface area contributed by atoms with Gasteiger partial charge in [0.15, 0.2) is 0 Å². The van der Waals surface area contributed by atoms with Gasteiger partial charge in [-0.15, -0.1) is 0 Å². The predicted octanol–water partition coefficient (Wildman–Crippen LogP) is 3.39. The van der Waals surface area contributed by atoms with Crippen LogP contribution in [0, 0.1) is 6.92 Å². The quantitative estimate of drug-likeness (QED) is 0.458. The molecular formula is C24H34N2O4. The highest BCUT2D eigenvalue weighted by molar-refractivity contribution is 6.35. The van der Waals surface area contributed by atoms with E-state index in [9.17, 15) is 9.59 Å². The number of aryl methyl sites for hydroxylation is 1. The molecular weight excluding hydrogens is 380 g/mol. The molecule has 3 rings (SSSR count). The summed E-state index contributed by atoms with van der Waals surface area (Å²) in [6, 6.07) is 7.84. The average Bonchev–Trinajstić information content (AvgIpc) is 2.91. The van der Waals surface area contributed by atoms with Crippen LogP contribution in [0.1, 0.15) is 49.7 Å². The zero-order valence-electron chi connectivity index (χ0n) is 18.5. The summed E-state index contributed by atoms with van der Waals surface area (Å²) in [6.07, 6.45) is 6.25. The summed E-state index contributed by atoms with van der Waals surface area (Å²) in [7, 11) is 3.28. The fourth-order valence-electron chi connectivity index (χ4n) is 4.39. The maximum atomic E-state index is 13.7. The van der Waals surface area contributed by atoms with Gasteiger partial charge in [0.05, 0.1) is 18.8 Å². The van der Waals surface area contributed by atoms with Crippen LogP contribution in [0.25, 0.3) is 5.57 Å². The van der Waals surface area contributed by atoms with E-state index in [1.165, 1.54) is 12.8 Å². The number of imide groups is 1. The van der Waals surface area contributed by atoms with Crippen molar-refractivity contribution in [2.45, 2.75) is 51.5 Å². The van der Waals surface area contributed by atoms with Gasteiger partial charge in [-0.3, -0.25) is 14.5 Å². The van der Waals surface area contributed by atoms with Crippen molar-refractivity contribution in [2.24, 2.45) is 0 Å². The van der Waals surface area contributed by atoms with Gasteiger partial charge < -0.3 is 14.4 Å². The Morgan fingerprint density at radius 3 is 2.00 bits per heavy atom. The van der Waals surface area contributed by atoms with Crippen molar-refractivity contribution in [2.75, 3.05) is 40.5 Å². The smallest absolute Gasteiger partial charge is 0.278 e. The molecule has 0 aromatic heterocycles. The molecule has 6 heteroatoms. The van der Waals surface area contributed by atoms with Crippen LogP contribution >= 0.6 is 0 Å². The average molecular weight is 415 g/mol. The van der Waals surface area contributed by atoms with E-state index in [-0.39, 0.29) is 17.9 Å². The van der Waals surface area contributed by atoms with Crippen LogP contribution in [0.5, 0.6) is 0 Å². The highest BCUT2D eigenvalue weighted by atomic mass is 16.5. The van der Waals surface area contributed by atoms with Crippen LogP contribution in [0.4, 0.5) is 0 Å². The second kappa shape index (κ2) is 10.7. The number of carbonyl (C=O) groups is 2. The first-order valence-electron chi connectivity index (χ1n) is 11.0. The van der Waals surface area contributed by atoms with Gasteiger partial charge in [-0.05, 0) is 25.3 Å². The Kier molecular flexibility index (Phi) is 8.05. The highest BCUT2D eigenvalue weighted by Crippen LogP contribution is 2.35. The summed E-state index contributed by atoms with van der Waals surface area (Å²) in [5.74, 6) is -0.333. The van der Waals surface area contributed by atoms with Gasteiger partial charge in [0.25, 0.3) is 11.8 Å². The van der Waals surface area contributed by atoms with Crippen molar-refractivity contribution in [3.05, 3.63) is 41.1 Å². The number of hydrogen-bond donors (Lipinski definition) is 0. The number of benzene rings is 1. The minimum Gasteiger partial charge on any atom is -0.383 e. The normalized spacial score (nSPS) is 18.3. The van der Waals surface area contributed by atoms with E-state index >= 15 is 0 Å². The molecule has 1 aromatic rings. The Morgan fingerprint density at radius 1 is 0.900 bits per heavy atom. The maximum Gasteiger partial charge on any atom is 0.278 e. The lowest BCUT2D eigenvalue weighted by atomic mass is 10.0. The van der Waals surface area contributed by atoms with E-state index in [0.717, 1.165) is 36.8 Å². The van der Waals surface area contributed by atoms with Crippen LogP contribution < -0.4 is 0 Å². The van der Waals surface area contributed by atoms with Crippen molar-refractivity contribution in [1.29, 1.82) is 0 Å². The van der Waals surface area contributed by atoms with Crippen LogP contribution in [-0.4, -0.2) is 68.2 Å². The molecule has 0 spiro atoms. The molecule has 1 fully saturated rings.